The summed E-state index contributed by atoms with van der Waals surface area (Å²) in [5.41, 5.74) is 0.907. The summed E-state index contributed by atoms with van der Waals surface area (Å²) in [6, 6.07) is 4.09. The first-order valence-electron chi connectivity index (χ1n) is 15.0. The summed E-state index contributed by atoms with van der Waals surface area (Å²) >= 11 is 0. The molecule has 0 spiro atoms. The molecule has 1 aliphatic carbocycles. The van der Waals surface area contributed by atoms with Crippen molar-refractivity contribution in [2.75, 3.05) is 6.54 Å². The third kappa shape index (κ3) is 6.62. The molecule has 2 aromatic rings. The van der Waals surface area contributed by atoms with Crippen LogP contribution in [0.5, 0.6) is 11.6 Å². The van der Waals surface area contributed by atoms with Gasteiger partial charge in [0.2, 0.25) is 11.8 Å². The SMILES string of the molecule is CC[C@@H]1[C@@H]2CN(C(=O)[C@H](C(C)(C)C)CC(=O)O[C@]3(C)C[C@H]3CCCCCc3nc4ccc(O)cc4nc3O2)[C@@H]1[C-]=O.[V]. The number of fused-ring (bicyclic) bond motifs is 5. The molecule has 10 heteroatoms. The van der Waals surface area contributed by atoms with E-state index < -0.39 is 29.1 Å². The minimum absolute atomic E-state index is 0. The van der Waals surface area contributed by atoms with Gasteiger partial charge in [0, 0.05) is 30.5 Å². The van der Waals surface area contributed by atoms with Crippen LogP contribution in [-0.2, 0) is 44.1 Å². The number of carbonyl (C=O) groups excluding carboxylic acids is 3. The number of esters is 1. The molecule has 1 aromatic heterocycles. The normalized spacial score (nSPS) is 30.6. The summed E-state index contributed by atoms with van der Waals surface area (Å²) in [6.07, 6.45) is 7.52. The van der Waals surface area contributed by atoms with Gasteiger partial charge in [0.25, 0.3) is 0 Å². The molecule has 1 aromatic carbocycles. The monoisotopic (exact) mass is 615 g/mol. The second-order valence-electron chi connectivity index (χ2n) is 13.3. The van der Waals surface area contributed by atoms with Crippen LogP contribution in [0.1, 0.15) is 85.3 Å². The van der Waals surface area contributed by atoms with Crippen molar-refractivity contribution in [2.45, 2.75) is 104 Å². The number of phenolic OH excluding ortho intramolecular Hbond substituents is 1. The van der Waals surface area contributed by atoms with E-state index in [0.717, 1.165) is 37.8 Å². The van der Waals surface area contributed by atoms with E-state index in [4.69, 9.17) is 19.4 Å². The number of phenols is 1. The van der Waals surface area contributed by atoms with Gasteiger partial charge in [-0.2, -0.15) is 0 Å². The molecule has 1 saturated heterocycles. The van der Waals surface area contributed by atoms with Gasteiger partial charge in [-0.05, 0) is 56.1 Å². The fourth-order valence-electron chi connectivity index (χ4n) is 6.58. The quantitative estimate of drug-likeness (QED) is 0.374. The number of amides is 1. The zero-order chi connectivity index (χ0) is 29.5. The van der Waals surface area contributed by atoms with Gasteiger partial charge in [-0.3, -0.25) is 9.59 Å². The third-order valence-corrected chi connectivity index (χ3v) is 9.30. The Morgan fingerprint density at radius 1 is 1.14 bits per heavy atom. The Balaban J connectivity index is 0.00000405. The first-order valence-corrected chi connectivity index (χ1v) is 15.0. The Bertz CT molecular complexity index is 1330. The van der Waals surface area contributed by atoms with Crippen LogP contribution >= 0.6 is 0 Å². The number of aryl methyl sites for hydroxylation is 1. The summed E-state index contributed by atoms with van der Waals surface area (Å²) in [5, 5.41) is 10.0. The number of hydrogen-bond acceptors (Lipinski definition) is 8. The Labute approximate surface area is 260 Å². The Morgan fingerprint density at radius 3 is 2.60 bits per heavy atom. The summed E-state index contributed by atoms with van der Waals surface area (Å²) in [7, 11) is 0. The van der Waals surface area contributed by atoms with E-state index in [0.29, 0.717) is 35.7 Å². The van der Waals surface area contributed by atoms with Crippen molar-refractivity contribution >= 4 is 29.2 Å². The predicted octanol–water partition coefficient (Wildman–Crippen LogP) is 4.92. The van der Waals surface area contributed by atoms with Crippen LogP contribution in [0.2, 0.25) is 0 Å². The molecule has 5 rings (SSSR count). The summed E-state index contributed by atoms with van der Waals surface area (Å²) < 4.78 is 12.5. The van der Waals surface area contributed by atoms with Crippen LogP contribution in [-0.4, -0.2) is 62.4 Å². The molecule has 1 saturated carbocycles. The van der Waals surface area contributed by atoms with Crippen LogP contribution in [0, 0.1) is 23.2 Å². The molecule has 0 unspecified atom stereocenters. The molecule has 3 heterocycles. The standard InChI is InChI=1S/C32H42N3O6.V/c1-6-21-26(18-36)35-17-27(21)40-29-24(33-23-13-12-20(37)14-25(23)34-29)11-9-7-8-10-19-16-32(19,5)41-28(38)15-22(30(35)39)31(2,3)4;/h12-14,19,21-22,26-27,37H,6-11,15-17H2,1-5H3;/q-1;/t19-,21+,22-,26-,27+,32-;/m1./s1. The van der Waals surface area contributed by atoms with Gasteiger partial charge >= 0.3 is 5.97 Å². The molecule has 3 aliphatic rings. The first-order chi connectivity index (χ1) is 19.4. The van der Waals surface area contributed by atoms with E-state index in [1.165, 1.54) is 0 Å². The minimum Gasteiger partial charge on any atom is -0.540 e. The Hall–Kier alpha value is -2.65. The van der Waals surface area contributed by atoms with E-state index in [1.54, 1.807) is 23.1 Å². The smallest absolute Gasteiger partial charge is 0.307 e. The average Bonchev–Trinajstić information content (AvgIpc) is 3.39. The van der Waals surface area contributed by atoms with Gasteiger partial charge in [0.15, 0.2) is 0 Å². The topological polar surface area (TPSA) is 119 Å². The van der Waals surface area contributed by atoms with Crippen LogP contribution in [0.25, 0.3) is 11.0 Å². The molecule has 2 bridgehead atoms. The molecule has 1 N–H and O–H groups in total. The molecular weight excluding hydrogens is 573 g/mol. The number of benzene rings is 1. The molecule has 42 heavy (non-hydrogen) atoms. The predicted molar refractivity (Wildman–Crippen MR) is 153 cm³/mol. The van der Waals surface area contributed by atoms with Crippen molar-refractivity contribution in [3.05, 3.63) is 23.9 Å². The summed E-state index contributed by atoms with van der Waals surface area (Å²) in [4.78, 5) is 50.7. The third-order valence-electron chi connectivity index (χ3n) is 9.30. The van der Waals surface area contributed by atoms with Crippen molar-refractivity contribution in [1.82, 2.24) is 14.9 Å². The van der Waals surface area contributed by atoms with Crippen molar-refractivity contribution < 1.29 is 47.5 Å². The van der Waals surface area contributed by atoms with Crippen molar-refractivity contribution in [3.8, 4) is 11.6 Å². The Morgan fingerprint density at radius 2 is 1.90 bits per heavy atom. The minimum atomic E-state index is -0.799. The largest absolute Gasteiger partial charge is 0.540 e. The maximum absolute atomic E-state index is 14.1. The van der Waals surface area contributed by atoms with Gasteiger partial charge in [-0.1, -0.05) is 53.0 Å². The molecule has 6 atom stereocenters. The second kappa shape index (κ2) is 12.5. The van der Waals surface area contributed by atoms with Gasteiger partial charge in [-0.15, -0.1) is 0 Å². The van der Waals surface area contributed by atoms with Gasteiger partial charge in [-0.25, -0.2) is 16.3 Å². The van der Waals surface area contributed by atoms with E-state index in [2.05, 4.69) is 6.29 Å². The zero-order valence-electron chi connectivity index (χ0n) is 25.3. The maximum Gasteiger partial charge on any atom is 0.307 e. The van der Waals surface area contributed by atoms with Crippen molar-refractivity contribution in [2.24, 2.45) is 23.2 Å². The molecular formula is C32H42N3O6V-. The summed E-state index contributed by atoms with van der Waals surface area (Å²) in [6.45, 7) is 9.93. The van der Waals surface area contributed by atoms with Gasteiger partial charge in [0.1, 0.15) is 23.1 Å². The molecule has 1 amide bonds. The Kier molecular flexibility index (Phi) is 9.63. The number of nitrogens with zero attached hydrogens (tertiary/aromatic N) is 3. The molecule has 1 radical (unpaired) electrons. The first kappa shape index (κ1) is 32.3. The molecule has 2 fully saturated rings. The average molecular weight is 616 g/mol. The number of rotatable bonds is 2. The number of carbonyl (C=O) groups is 2. The molecule has 227 valence electrons. The maximum atomic E-state index is 14.1. The van der Waals surface area contributed by atoms with E-state index in [1.807, 2.05) is 34.6 Å². The number of ether oxygens (including phenoxy) is 2. The van der Waals surface area contributed by atoms with E-state index in [-0.39, 0.29) is 55.1 Å². The molecule has 9 nitrogen and oxygen atoms in total. The van der Waals surface area contributed by atoms with Crippen LogP contribution < -0.4 is 4.74 Å². The number of hydrogen-bond donors (Lipinski definition) is 1. The van der Waals surface area contributed by atoms with Crippen molar-refractivity contribution in [3.63, 3.8) is 0 Å². The van der Waals surface area contributed by atoms with Gasteiger partial charge in [0.05, 0.1) is 29.9 Å². The molecule has 2 aliphatic heterocycles. The van der Waals surface area contributed by atoms with Crippen LogP contribution in [0.3, 0.4) is 0 Å². The van der Waals surface area contributed by atoms with Gasteiger partial charge < -0.3 is 24.3 Å². The van der Waals surface area contributed by atoms with E-state index in [9.17, 15) is 19.5 Å². The fraction of sp³-hybridized carbons (Fsp3) is 0.656. The fourth-order valence-corrected chi connectivity index (χ4v) is 6.58. The van der Waals surface area contributed by atoms with Crippen molar-refractivity contribution in [1.29, 1.82) is 0 Å². The van der Waals surface area contributed by atoms with E-state index >= 15 is 0 Å². The summed E-state index contributed by atoms with van der Waals surface area (Å²) in [5.74, 6) is -0.815. The van der Waals surface area contributed by atoms with Crippen LogP contribution in [0.15, 0.2) is 18.2 Å². The number of aromatic hydroxyl groups is 1. The number of aromatic nitrogens is 2. The van der Waals surface area contributed by atoms with Crippen LogP contribution in [0.4, 0.5) is 0 Å². The second-order valence-corrected chi connectivity index (χ2v) is 13.3. The zero-order valence-corrected chi connectivity index (χ0v) is 26.7.